The number of ether oxygens (including phenoxy) is 3. The summed E-state index contributed by atoms with van der Waals surface area (Å²) in [7, 11) is 0. The van der Waals surface area contributed by atoms with Crippen molar-refractivity contribution < 1.29 is 49.3 Å². The maximum Gasteiger partial charge on any atom is 0.306 e. The van der Waals surface area contributed by atoms with Crippen LogP contribution >= 0.6 is 0 Å². The Morgan fingerprint density at radius 3 is 1.31 bits per heavy atom. The SMILES string of the molecule is CCCCC/C=C\C/C=C\C/C=C\C/C=C\CCCCC(O)C(=O)NC(COC1OC(CO)C(O)C(O)C1OC(=O)CCCCCCCCCCCCCCC/C=C/CCCCCCCC)C(O)/C=C/CCCCCCCCCCC. The maximum atomic E-state index is 13.4. The predicted octanol–water partition coefficient (Wildman–Crippen LogP) is 16.7. The molecule has 11 nitrogen and oxygen atoms in total. The van der Waals surface area contributed by atoms with E-state index in [-0.39, 0.29) is 19.4 Å². The second-order valence-electron chi connectivity index (χ2n) is 23.2. The Kier molecular flexibility index (Phi) is 54.1. The fraction of sp³-hybridized carbons (Fsp3) is 0.800. The number of nitrogens with one attached hydrogen (secondary N) is 1. The van der Waals surface area contributed by atoms with Crippen molar-refractivity contribution in [1.82, 2.24) is 5.32 Å². The molecule has 470 valence electrons. The van der Waals surface area contributed by atoms with Crippen LogP contribution in [0.3, 0.4) is 0 Å². The molecular weight excluding hydrogens is 1010 g/mol. The largest absolute Gasteiger partial charge is 0.454 e. The van der Waals surface area contributed by atoms with Crippen LogP contribution in [-0.4, -0.2) is 99.6 Å². The topological polar surface area (TPSA) is 175 Å². The van der Waals surface area contributed by atoms with Gasteiger partial charge in [-0.25, -0.2) is 0 Å². The summed E-state index contributed by atoms with van der Waals surface area (Å²) >= 11 is 0. The van der Waals surface area contributed by atoms with Crippen LogP contribution in [0.1, 0.15) is 297 Å². The van der Waals surface area contributed by atoms with Crippen molar-refractivity contribution in [3.63, 3.8) is 0 Å². The van der Waals surface area contributed by atoms with Crippen LogP contribution in [-0.2, 0) is 23.8 Å². The number of carbonyl (C=O) groups is 2. The lowest BCUT2D eigenvalue weighted by Gasteiger charge is -2.41. The number of hydrogen-bond acceptors (Lipinski definition) is 10. The van der Waals surface area contributed by atoms with Crippen molar-refractivity contribution in [2.24, 2.45) is 0 Å². The number of aliphatic hydroxyl groups is 5. The van der Waals surface area contributed by atoms with E-state index < -0.39 is 67.4 Å². The number of hydrogen-bond donors (Lipinski definition) is 6. The van der Waals surface area contributed by atoms with Gasteiger partial charge in [-0.1, -0.05) is 267 Å². The number of allylic oxidation sites excluding steroid dienone is 11. The van der Waals surface area contributed by atoms with Crippen LogP contribution in [0, 0.1) is 0 Å². The minimum absolute atomic E-state index is 0.119. The van der Waals surface area contributed by atoms with Crippen molar-refractivity contribution in [2.75, 3.05) is 13.2 Å². The molecule has 0 saturated carbocycles. The minimum atomic E-state index is -1.62. The molecule has 1 amide bonds. The molecule has 8 atom stereocenters. The molecule has 0 aliphatic carbocycles. The molecule has 1 rings (SSSR count). The van der Waals surface area contributed by atoms with Gasteiger partial charge >= 0.3 is 5.97 Å². The predicted molar refractivity (Wildman–Crippen MR) is 338 cm³/mol. The lowest BCUT2D eigenvalue weighted by molar-refractivity contribution is -0.305. The van der Waals surface area contributed by atoms with Gasteiger partial charge < -0.3 is 45.1 Å². The quantitative estimate of drug-likeness (QED) is 0.0195. The first-order chi connectivity index (χ1) is 39.7. The molecule has 0 aromatic rings. The summed E-state index contributed by atoms with van der Waals surface area (Å²) in [5.41, 5.74) is 0. The highest BCUT2D eigenvalue weighted by molar-refractivity contribution is 5.80. The molecule has 0 radical (unpaired) electrons. The molecule has 8 unspecified atom stereocenters. The summed E-state index contributed by atoms with van der Waals surface area (Å²) in [6.07, 6.45) is 63.7. The van der Waals surface area contributed by atoms with Gasteiger partial charge in [-0.05, 0) is 96.3 Å². The van der Waals surface area contributed by atoms with E-state index in [1.165, 1.54) is 167 Å². The van der Waals surface area contributed by atoms with E-state index in [1.54, 1.807) is 6.08 Å². The van der Waals surface area contributed by atoms with Crippen LogP contribution in [0.25, 0.3) is 0 Å². The van der Waals surface area contributed by atoms with Gasteiger partial charge in [-0.15, -0.1) is 0 Å². The van der Waals surface area contributed by atoms with Gasteiger partial charge in [0.1, 0.15) is 24.4 Å². The summed E-state index contributed by atoms with van der Waals surface area (Å²) < 4.78 is 17.6. The number of amides is 1. The summed E-state index contributed by atoms with van der Waals surface area (Å²) in [4.78, 5) is 26.6. The summed E-state index contributed by atoms with van der Waals surface area (Å²) in [6, 6.07) is -1.04. The number of esters is 1. The van der Waals surface area contributed by atoms with Gasteiger partial charge in [0.05, 0.1) is 25.4 Å². The molecule has 81 heavy (non-hydrogen) atoms. The third-order valence-electron chi connectivity index (χ3n) is 15.6. The standard InChI is InChI=1S/C70H125NO10/c1-4-7-10-13-16-19-22-24-26-28-30-31-32-33-34-36-38-40-43-46-49-52-55-58-65(75)81-68-67(77)66(76)64(59-72)80-70(68)79-60-61(62(73)56-53-50-47-44-41-21-18-15-12-9-6-3)71-69(78)63(74)57-54-51-48-45-42-39-37-35-29-27-25-23-20-17-14-11-8-5-2/h17,20,24-27,35,37,42,45,53,56,61-64,66-68,70,72-74,76-77H,4-16,18-19,21-23,28-34,36,38-41,43-44,46-52,54-55,57-60H2,1-3H3,(H,71,78)/b20-17-,26-24+,27-25-,37-35-,45-42-,56-53+. The van der Waals surface area contributed by atoms with E-state index in [9.17, 15) is 35.1 Å². The molecule has 1 fully saturated rings. The average molecular weight is 1140 g/mol. The molecule has 6 N–H and O–H groups in total. The smallest absolute Gasteiger partial charge is 0.306 e. The van der Waals surface area contributed by atoms with Crippen LogP contribution in [0.5, 0.6) is 0 Å². The molecule has 1 aliphatic heterocycles. The summed E-state index contributed by atoms with van der Waals surface area (Å²) in [6.45, 7) is 5.75. The second kappa shape index (κ2) is 57.5. The van der Waals surface area contributed by atoms with Gasteiger partial charge in [0.15, 0.2) is 12.4 Å². The van der Waals surface area contributed by atoms with Crippen LogP contribution in [0.15, 0.2) is 72.9 Å². The zero-order chi connectivity index (χ0) is 58.9. The lowest BCUT2D eigenvalue weighted by Crippen LogP contribution is -2.61. The minimum Gasteiger partial charge on any atom is -0.454 e. The van der Waals surface area contributed by atoms with Crippen LogP contribution in [0.4, 0.5) is 0 Å². The Morgan fingerprint density at radius 2 is 0.852 bits per heavy atom. The normalized spacial score (nSPS) is 19.1. The average Bonchev–Trinajstić information content (AvgIpc) is 3.51. The number of rotatable bonds is 57. The first-order valence-electron chi connectivity index (χ1n) is 33.7. The first kappa shape index (κ1) is 76.1. The van der Waals surface area contributed by atoms with E-state index in [1.807, 2.05) is 6.08 Å². The van der Waals surface area contributed by atoms with Crippen molar-refractivity contribution >= 4 is 11.9 Å². The lowest BCUT2D eigenvalue weighted by atomic mass is 9.99. The van der Waals surface area contributed by atoms with Crippen LogP contribution < -0.4 is 5.32 Å². The van der Waals surface area contributed by atoms with Gasteiger partial charge in [0.25, 0.3) is 0 Å². The van der Waals surface area contributed by atoms with Crippen molar-refractivity contribution in [3.8, 4) is 0 Å². The molecule has 0 spiro atoms. The zero-order valence-electron chi connectivity index (χ0n) is 52.1. The van der Waals surface area contributed by atoms with E-state index in [0.29, 0.717) is 12.8 Å². The van der Waals surface area contributed by atoms with E-state index in [2.05, 4.69) is 86.8 Å². The molecular formula is C70H125NO10. The number of aliphatic hydroxyl groups excluding tert-OH is 5. The highest BCUT2D eigenvalue weighted by Crippen LogP contribution is 2.26. The maximum absolute atomic E-state index is 13.4. The Balaban J connectivity index is 2.61. The third-order valence-corrected chi connectivity index (χ3v) is 15.6. The Morgan fingerprint density at radius 1 is 0.481 bits per heavy atom. The Hall–Kier alpha value is -2.90. The summed E-state index contributed by atoms with van der Waals surface area (Å²) in [5, 5.41) is 57.0. The summed E-state index contributed by atoms with van der Waals surface area (Å²) in [5.74, 6) is -1.22. The van der Waals surface area contributed by atoms with Crippen LogP contribution in [0.2, 0.25) is 0 Å². The molecule has 0 aromatic carbocycles. The Bertz CT molecular complexity index is 1590. The molecule has 1 saturated heterocycles. The number of unbranched alkanes of at least 4 members (excludes halogenated alkanes) is 33. The van der Waals surface area contributed by atoms with Crippen molar-refractivity contribution in [1.29, 1.82) is 0 Å². The monoisotopic (exact) mass is 1140 g/mol. The molecule has 0 aromatic heterocycles. The van der Waals surface area contributed by atoms with Crippen molar-refractivity contribution in [3.05, 3.63) is 72.9 Å². The van der Waals surface area contributed by atoms with Gasteiger partial charge in [-0.3, -0.25) is 9.59 Å². The second-order valence-corrected chi connectivity index (χ2v) is 23.2. The highest BCUT2D eigenvalue weighted by atomic mass is 16.7. The molecule has 1 aliphatic rings. The fourth-order valence-electron chi connectivity index (χ4n) is 10.2. The molecule has 1 heterocycles. The third kappa shape index (κ3) is 45.2. The molecule has 0 bridgehead atoms. The van der Waals surface area contributed by atoms with E-state index in [4.69, 9.17) is 14.2 Å². The van der Waals surface area contributed by atoms with Gasteiger partial charge in [0, 0.05) is 6.42 Å². The van der Waals surface area contributed by atoms with Crippen molar-refractivity contribution in [2.45, 2.75) is 346 Å². The Labute approximate surface area is 496 Å². The van der Waals surface area contributed by atoms with Gasteiger partial charge in [0.2, 0.25) is 5.91 Å². The zero-order valence-corrected chi connectivity index (χ0v) is 52.1. The van der Waals surface area contributed by atoms with E-state index in [0.717, 1.165) is 83.5 Å². The van der Waals surface area contributed by atoms with Gasteiger partial charge in [-0.2, -0.15) is 0 Å². The fourth-order valence-corrected chi connectivity index (χ4v) is 10.2. The highest BCUT2D eigenvalue weighted by Gasteiger charge is 2.47. The first-order valence-corrected chi connectivity index (χ1v) is 33.7. The van der Waals surface area contributed by atoms with E-state index >= 15 is 0 Å². The number of carbonyl (C=O) groups excluding carboxylic acids is 2. The molecule has 11 heteroatoms.